The van der Waals surface area contributed by atoms with E-state index in [0.717, 1.165) is 32.2 Å². The van der Waals surface area contributed by atoms with Crippen LogP contribution in [0.15, 0.2) is 0 Å². The number of anilines is 4. The van der Waals surface area contributed by atoms with Gasteiger partial charge in [0.05, 0.1) is 5.60 Å². The topological polar surface area (TPSA) is 120 Å². The molecule has 0 unspecified atom stereocenters. The van der Waals surface area contributed by atoms with Crippen molar-refractivity contribution in [3.8, 4) is 0 Å². The second-order valence-corrected chi connectivity index (χ2v) is 6.35. The molecule has 2 heterocycles. The first-order chi connectivity index (χ1) is 12.1. The van der Waals surface area contributed by atoms with Gasteiger partial charge in [-0.15, -0.1) is 0 Å². The molecule has 0 aliphatic heterocycles. The molecule has 0 amide bonds. The second kappa shape index (κ2) is 7.22. The summed E-state index contributed by atoms with van der Waals surface area (Å²) >= 11 is 0. The summed E-state index contributed by atoms with van der Waals surface area (Å²) in [6.45, 7) is 3.32. The lowest BCUT2D eigenvalue weighted by Crippen LogP contribution is -2.43. The normalized spacial score (nSPS) is 15.5. The van der Waals surface area contributed by atoms with Crippen molar-refractivity contribution in [1.82, 2.24) is 19.9 Å². The van der Waals surface area contributed by atoms with Gasteiger partial charge in [0.25, 0.3) is 0 Å². The fourth-order valence-corrected chi connectivity index (χ4v) is 2.74. The van der Waals surface area contributed by atoms with Crippen LogP contribution in [0.3, 0.4) is 0 Å². The zero-order chi connectivity index (χ0) is 17.9. The minimum absolute atomic E-state index is 0.443. The van der Waals surface area contributed by atoms with Gasteiger partial charge >= 0.3 is 0 Å². The van der Waals surface area contributed by atoms with Crippen LogP contribution >= 0.6 is 0 Å². The number of rotatable bonds is 8. The van der Waals surface area contributed by atoms with E-state index in [1.807, 2.05) is 0 Å². The number of nitrogens with zero attached hydrogens (tertiary/aromatic N) is 4. The van der Waals surface area contributed by atoms with Gasteiger partial charge in [0, 0.05) is 27.2 Å². The molecule has 2 aromatic rings. The van der Waals surface area contributed by atoms with Gasteiger partial charge in [0.15, 0.2) is 11.6 Å². The van der Waals surface area contributed by atoms with E-state index in [4.69, 9.17) is 0 Å². The van der Waals surface area contributed by atoms with E-state index in [-0.39, 0.29) is 0 Å². The van der Waals surface area contributed by atoms with Gasteiger partial charge in [-0.2, -0.15) is 9.97 Å². The van der Waals surface area contributed by atoms with E-state index < -0.39 is 5.60 Å². The molecule has 9 nitrogen and oxygen atoms in total. The fraction of sp³-hybridized carbons (Fsp3) is 0.625. The quantitative estimate of drug-likeness (QED) is 0.486. The third-order valence-corrected chi connectivity index (χ3v) is 4.40. The maximum Gasteiger partial charge on any atom is 0.225 e. The highest BCUT2D eigenvalue weighted by atomic mass is 16.3. The summed E-state index contributed by atoms with van der Waals surface area (Å²) in [4.78, 5) is 18.0. The molecule has 0 atom stereocenters. The Morgan fingerprint density at radius 3 is 1.92 bits per heavy atom. The Bertz CT molecular complexity index is 746. The summed E-state index contributed by atoms with van der Waals surface area (Å²) < 4.78 is 0. The minimum Gasteiger partial charge on any atom is -0.388 e. The highest BCUT2D eigenvalue weighted by Gasteiger charge is 2.34. The lowest BCUT2D eigenvalue weighted by atomic mass is 9.80. The van der Waals surface area contributed by atoms with Crippen molar-refractivity contribution in [2.75, 3.05) is 48.5 Å². The van der Waals surface area contributed by atoms with Gasteiger partial charge in [-0.1, -0.05) is 6.92 Å². The maximum absolute atomic E-state index is 10.4. The van der Waals surface area contributed by atoms with Gasteiger partial charge in [-0.05, 0) is 25.7 Å². The van der Waals surface area contributed by atoms with Crippen molar-refractivity contribution in [1.29, 1.82) is 0 Å². The molecule has 0 radical (unpaired) electrons. The van der Waals surface area contributed by atoms with Crippen molar-refractivity contribution in [2.24, 2.45) is 0 Å². The summed E-state index contributed by atoms with van der Waals surface area (Å²) in [6, 6.07) is 0. The van der Waals surface area contributed by atoms with E-state index in [1.54, 1.807) is 14.1 Å². The number of hydrogen-bond donors (Lipinski definition) is 5. The molecule has 9 heteroatoms. The Balaban J connectivity index is 2.03. The van der Waals surface area contributed by atoms with Crippen molar-refractivity contribution in [3.05, 3.63) is 0 Å². The largest absolute Gasteiger partial charge is 0.388 e. The highest BCUT2D eigenvalue weighted by molar-refractivity contribution is 5.94. The van der Waals surface area contributed by atoms with Crippen molar-refractivity contribution in [2.45, 2.75) is 38.2 Å². The molecule has 1 saturated carbocycles. The van der Waals surface area contributed by atoms with Crippen LogP contribution in [0, 0.1) is 0 Å². The summed E-state index contributed by atoms with van der Waals surface area (Å²) in [6.07, 6.45) is 3.65. The Hall–Kier alpha value is -2.42. The van der Waals surface area contributed by atoms with E-state index in [0.29, 0.717) is 41.1 Å². The molecule has 1 fully saturated rings. The standard InChI is InChI=1S/C16H26N8O/c1-4-8-19-12-10-11(22-14(17-2)23-12)13(24-15(18-3)21-10)20-9-16(25)6-5-7-16/h25H,4-9H2,1-3H3,(H2,17,19,22,23)(H2,18,20,21,24). The summed E-state index contributed by atoms with van der Waals surface area (Å²) in [5.74, 6) is 2.24. The SMILES string of the molecule is CCCNc1nc(NC)nc2c(NCC3(O)CCC3)nc(NC)nc12. The van der Waals surface area contributed by atoms with E-state index >= 15 is 0 Å². The molecule has 136 valence electrons. The van der Waals surface area contributed by atoms with Crippen LogP contribution in [0.5, 0.6) is 0 Å². The maximum atomic E-state index is 10.4. The van der Waals surface area contributed by atoms with E-state index in [9.17, 15) is 5.11 Å². The highest BCUT2D eigenvalue weighted by Crippen LogP contribution is 2.33. The van der Waals surface area contributed by atoms with E-state index in [1.165, 1.54) is 0 Å². The van der Waals surface area contributed by atoms with Gasteiger partial charge in [-0.3, -0.25) is 0 Å². The number of aliphatic hydroxyl groups is 1. The molecule has 1 aliphatic carbocycles. The summed E-state index contributed by atoms with van der Waals surface area (Å²) in [5, 5.41) is 22.9. The first-order valence-corrected chi connectivity index (χ1v) is 8.74. The number of fused-ring (bicyclic) bond motifs is 1. The van der Waals surface area contributed by atoms with Crippen LogP contribution in [0.4, 0.5) is 23.5 Å². The monoisotopic (exact) mass is 346 g/mol. The Kier molecular flexibility index (Phi) is 5.03. The third-order valence-electron chi connectivity index (χ3n) is 4.40. The summed E-state index contributed by atoms with van der Waals surface area (Å²) in [7, 11) is 3.55. The number of hydrogen-bond acceptors (Lipinski definition) is 9. The fourth-order valence-electron chi connectivity index (χ4n) is 2.74. The first-order valence-electron chi connectivity index (χ1n) is 8.74. The Labute approximate surface area is 147 Å². The molecule has 0 spiro atoms. The lowest BCUT2D eigenvalue weighted by Gasteiger charge is -2.36. The zero-order valence-electron chi connectivity index (χ0n) is 15.0. The molecule has 1 aliphatic rings. The molecule has 0 saturated heterocycles. The van der Waals surface area contributed by atoms with Crippen LogP contribution in [0.1, 0.15) is 32.6 Å². The van der Waals surface area contributed by atoms with Crippen molar-refractivity contribution < 1.29 is 5.11 Å². The molecule has 5 N–H and O–H groups in total. The predicted molar refractivity (Wildman–Crippen MR) is 100 cm³/mol. The number of nitrogens with one attached hydrogen (secondary N) is 4. The zero-order valence-corrected chi connectivity index (χ0v) is 15.0. The second-order valence-electron chi connectivity index (χ2n) is 6.35. The molecular weight excluding hydrogens is 320 g/mol. The molecular formula is C16H26N8O. The van der Waals surface area contributed by atoms with E-state index in [2.05, 4.69) is 48.1 Å². The first kappa shape index (κ1) is 17.4. The van der Waals surface area contributed by atoms with Crippen LogP contribution < -0.4 is 21.3 Å². The third kappa shape index (κ3) is 3.65. The van der Waals surface area contributed by atoms with Crippen LogP contribution in [-0.2, 0) is 0 Å². The molecule has 3 rings (SSSR count). The average Bonchev–Trinajstić information content (AvgIpc) is 2.62. The van der Waals surface area contributed by atoms with Crippen LogP contribution in [0.25, 0.3) is 11.0 Å². The predicted octanol–water partition coefficient (Wildman–Crippen LogP) is 1.65. The lowest BCUT2D eigenvalue weighted by molar-refractivity contribution is -0.0202. The van der Waals surface area contributed by atoms with Crippen LogP contribution in [-0.4, -0.2) is 57.8 Å². The smallest absolute Gasteiger partial charge is 0.225 e. The molecule has 0 bridgehead atoms. The van der Waals surface area contributed by atoms with Gasteiger partial charge < -0.3 is 26.4 Å². The average molecular weight is 346 g/mol. The minimum atomic E-state index is -0.654. The molecule has 0 aromatic carbocycles. The van der Waals surface area contributed by atoms with Crippen molar-refractivity contribution >= 4 is 34.6 Å². The van der Waals surface area contributed by atoms with Gasteiger partial charge in [0.2, 0.25) is 11.9 Å². The molecule has 25 heavy (non-hydrogen) atoms. The van der Waals surface area contributed by atoms with Crippen LogP contribution in [0.2, 0.25) is 0 Å². The van der Waals surface area contributed by atoms with Gasteiger partial charge in [-0.25, -0.2) is 9.97 Å². The summed E-state index contributed by atoms with van der Waals surface area (Å²) in [5.41, 5.74) is 0.619. The van der Waals surface area contributed by atoms with Crippen molar-refractivity contribution in [3.63, 3.8) is 0 Å². The Morgan fingerprint density at radius 2 is 1.48 bits per heavy atom. The molecule has 2 aromatic heterocycles. The Morgan fingerprint density at radius 1 is 0.920 bits per heavy atom. The van der Waals surface area contributed by atoms with Gasteiger partial charge in [0.1, 0.15) is 11.0 Å². The number of aromatic nitrogens is 4.